The van der Waals surface area contributed by atoms with Crippen LogP contribution in [0.25, 0.3) is 0 Å². The fourth-order valence-electron chi connectivity index (χ4n) is 4.18. The number of amides is 1. The number of likely N-dealkylation sites (N-methyl/N-ethyl adjacent to an activating group) is 1. The molecule has 2 aromatic heterocycles. The highest BCUT2D eigenvalue weighted by atomic mass is 19.4. The number of carbonyl (C=O) groups excluding carboxylic acids is 1. The van der Waals surface area contributed by atoms with E-state index < -0.39 is 23.5 Å². The molecule has 12 heteroatoms. The summed E-state index contributed by atoms with van der Waals surface area (Å²) in [7, 11) is 1.72. The lowest BCUT2D eigenvalue weighted by Gasteiger charge is -2.42. The fraction of sp³-hybridized carbons (Fsp3) is 0.545. The van der Waals surface area contributed by atoms with Crippen LogP contribution >= 0.6 is 0 Å². The molecular formula is C22H27F3N6O3. The highest BCUT2D eigenvalue weighted by Crippen LogP contribution is 2.37. The van der Waals surface area contributed by atoms with Gasteiger partial charge in [0, 0.05) is 25.9 Å². The lowest BCUT2D eigenvalue weighted by Crippen LogP contribution is -2.59. The van der Waals surface area contributed by atoms with Gasteiger partial charge in [-0.1, -0.05) is 6.92 Å². The van der Waals surface area contributed by atoms with Gasteiger partial charge in [-0.3, -0.25) is 4.79 Å². The Morgan fingerprint density at radius 2 is 2.00 bits per heavy atom. The van der Waals surface area contributed by atoms with Gasteiger partial charge >= 0.3 is 6.18 Å². The van der Waals surface area contributed by atoms with Crippen LogP contribution in [0, 0.1) is 6.92 Å². The predicted octanol–water partition coefficient (Wildman–Crippen LogP) is 3.14. The molecule has 1 aliphatic carbocycles. The van der Waals surface area contributed by atoms with E-state index in [4.69, 9.17) is 4.74 Å². The lowest BCUT2D eigenvalue weighted by molar-refractivity contribution is -0.141. The van der Waals surface area contributed by atoms with Crippen LogP contribution in [0.4, 0.5) is 30.6 Å². The number of carbonyl (C=O) groups is 1. The van der Waals surface area contributed by atoms with E-state index in [0.717, 1.165) is 12.3 Å². The Labute approximate surface area is 194 Å². The molecule has 0 bridgehead atoms. The van der Waals surface area contributed by atoms with E-state index in [2.05, 4.69) is 25.6 Å². The van der Waals surface area contributed by atoms with E-state index in [9.17, 15) is 23.1 Å². The molecule has 34 heavy (non-hydrogen) atoms. The van der Waals surface area contributed by atoms with Gasteiger partial charge in [0.1, 0.15) is 29.3 Å². The Morgan fingerprint density at radius 1 is 1.29 bits per heavy atom. The highest BCUT2D eigenvalue weighted by Gasteiger charge is 2.44. The third-order valence-electron chi connectivity index (χ3n) is 6.35. The van der Waals surface area contributed by atoms with Crippen LogP contribution in [-0.2, 0) is 11.0 Å². The van der Waals surface area contributed by atoms with Gasteiger partial charge in [-0.2, -0.15) is 18.2 Å². The molecule has 1 amide bonds. The molecule has 0 saturated heterocycles. The van der Waals surface area contributed by atoms with Crippen LogP contribution in [0.15, 0.2) is 18.3 Å². The van der Waals surface area contributed by atoms with Crippen LogP contribution in [0.2, 0.25) is 0 Å². The molecule has 2 aliphatic rings. The third-order valence-corrected chi connectivity index (χ3v) is 6.35. The summed E-state index contributed by atoms with van der Waals surface area (Å²) in [6, 6.07) is 1.37. The largest absolute Gasteiger partial charge is 0.489 e. The number of aryl methyl sites for hydroxylation is 1. The first kappa shape index (κ1) is 24.0. The summed E-state index contributed by atoms with van der Waals surface area (Å²) in [6.45, 7) is 5.19. The molecule has 0 radical (unpaired) electrons. The zero-order chi connectivity index (χ0) is 24.8. The zero-order valence-corrected chi connectivity index (χ0v) is 19.3. The van der Waals surface area contributed by atoms with Crippen molar-refractivity contribution < 1.29 is 27.8 Å². The van der Waals surface area contributed by atoms with Crippen LogP contribution < -0.4 is 20.3 Å². The molecule has 184 valence electrons. The number of alkyl halides is 3. The average molecular weight is 480 g/mol. The van der Waals surface area contributed by atoms with Crippen molar-refractivity contribution in [2.45, 2.75) is 70.0 Å². The molecule has 4 rings (SSSR count). The summed E-state index contributed by atoms with van der Waals surface area (Å²) in [6.07, 6.45) is -1.97. The minimum Gasteiger partial charge on any atom is -0.489 e. The Bertz CT molecular complexity index is 1070. The van der Waals surface area contributed by atoms with Gasteiger partial charge < -0.3 is 25.4 Å². The Kier molecular flexibility index (Phi) is 6.05. The molecule has 2 atom stereocenters. The number of nitrogens with zero attached hydrogens (tertiary/aromatic N) is 4. The average Bonchev–Trinajstić information content (AvgIpc) is 2.73. The van der Waals surface area contributed by atoms with Gasteiger partial charge in [0.25, 0.3) is 0 Å². The molecule has 0 aromatic carbocycles. The van der Waals surface area contributed by atoms with Crippen LogP contribution in [0.3, 0.4) is 0 Å². The zero-order valence-electron chi connectivity index (χ0n) is 19.3. The molecule has 0 unspecified atom stereocenters. The molecule has 1 saturated carbocycles. The second-order valence-corrected chi connectivity index (χ2v) is 8.97. The summed E-state index contributed by atoms with van der Waals surface area (Å²) in [5.41, 5.74) is -1.11. The number of ether oxygens (including phenoxy) is 1. The Morgan fingerprint density at radius 3 is 2.59 bits per heavy atom. The number of halogens is 3. The molecule has 0 spiro atoms. The van der Waals surface area contributed by atoms with Gasteiger partial charge in [0.05, 0.1) is 17.5 Å². The quantitative estimate of drug-likeness (QED) is 0.578. The monoisotopic (exact) mass is 480 g/mol. The summed E-state index contributed by atoms with van der Waals surface area (Å²) in [4.78, 5) is 26.7. The maximum Gasteiger partial charge on any atom is 0.433 e. The summed E-state index contributed by atoms with van der Waals surface area (Å²) in [5, 5.41) is 16.8. The minimum atomic E-state index is -4.49. The van der Waals surface area contributed by atoms with E-state index in [1.54, 1.807) is 25.8 Å². The fourth-order valence-corrected chi connectivity index (χ4v) is 4.18. The molecule has 3 heterocycles. The number of aliphatic hydroxyl groups is 1. The second kappa shape index (κ2) is 8.57. The molecular weight excluding hydrogens is 453 g/mol. The Balaban J connectivity index is 1.40. The number of pyridine rings is 1. The van der Waals surface area contributed by atoms with Gasteiger partial charge in [0.2, 0.25) is 11.9 Å². The standard InChI is InChI=1S/C22H27F3N6O3/c1-5-21(3,33)17-19(32)29-16-11(2)27-20(30-18(16)31(17)4)28-12-8-14(9-12)34-13-6-7-15(26-10-13)22(23,24)25/h6-7,10,12,14,17,33H,5,8-9H2,1-4H3,(H,29,32)(H,27,28,30)/t12-,14-,17-,21-/m0/s1. The maximum absolute atomic E-state index is 12.6. The summed E-state index contributed by atoms with van der Waals surface area (Å²) in [5.74, 6) is 0.861. The van der Waals surface area contributed by atoms with Gasteiger partial charge in [-0.25, -0.2) is 9.97 Å². The molecule has 2 aromatic rings. The first-order valence-electron chi connectivity index (χ1n) is 11.0. The number of hydrogen-bond donors (Lipinski definition) is 3. The van der Waals surface area contributed by atoms with Crippen molar-refractivity contribution in [2.24, 2.45) is 0 Å². The summed E-state index contributed by atoms with van der Waals surface area (Å²) < 4.78 is 43.6. The maximum atomic E-state index is 12.6. The first-order valence-corrected chi connectivity index (χ1v) is 11.0. The molecule has 3 N–H and O–H groups in total. The van der Waals surface area contributed by atoms with Crippen molar-refractivity contribution in [3.8, 4) is 5.75 Å². The number of fused-ring (bicyclic) bond motifs is 1. The van der Waals surface area contributed by atoms with Crippen molar-refractivity contribution in [1.82, 2.24) is 15.0 Å². The highest BCUT2D eigenvalue weighted by molar-refractivity contribution is 6.04. The van der Waals surface area contributed by atoms with Gasteiger partial charge in [0.15, 0.2) is 5.82 Å². The van der Waals surface area contributed by atoms with Crippen molar-refractivity contribution >= 4 is 23.4 Å². The van der Waals surface area contributed by atoms with E-state index in [0.29, 0.717) is 42.4 Å². The number of nitrogens with one attached hydrogen (secondary N) is 2. The number of aromatic nitrogens is 3. The predicted molar refractivity (Wildman–Crippen MR) is 119 cm³/mol. The smallest absolute Gasteiger partial charge is 0.433 e. The van der Waals surface area contributed by atoms with Crippen molar-refractivity contribution in [1.29, 1.82) is 0 Å². The second-order valence-electron chi connectivity index (χ2n) is 8.97. The molecule has 1 aliphatic heterocycles. The number of hydrogen-bond acceptors (Lipinski definition) is 8. The van der Waals surface area contributed by atoms with E-state index >= 15 is 0 Å². The van der Waals surface area contributed by atoms with Crippen LogP contribution in [0.5, 0.6) is 5.75 Å². The van der Waals surface area contributed by atoms with Crippen LogP contribution in [-0.4, -0.2) is 56.8 Å². The topological polar surface area (TPSA) is 112 Å². The van der Waals surface area contributed by atoms with Gasteiger partial charge in [-0.15, -0.1) is 0 Å². The first-order chi connectivity index (χ1) is 15.9. The van der Waals surface area contributed by atoms with Gasteiger partial charge in [-0.05, 0) is 32.4 Å². The lowest BCUT2D eigenvalue weighted by atomic mass is 9.89. The van der Waals surface area contributed by atoms with E-state index in [1.807, 2.05) is 6.92 Å². The molecule has 9 nitrogen and oxygen atoms in total. The minimum absolute atomic E-state index is 0.0166. The number of anilines is 3. The van der Waals surface area contributed by atoms with Crippen molar-refractivity contribution in [3.63, 3.8) is 0 Å². The summed E-state index contributed by atoms with van der Waals surface area (Å²) >= 11 is 0. The Hall–Kier alpha value is -3.15. The SMILES string of the molecule is CC[C@](C)(O)[C@@H]1C(=O)Nc2c(C)nc(N[C@H]3C[C@H](Oc4ccc(C(F)(F)F)nc4)C3)nc2N1C. The van der Waals surface area contributed by atoms with Crippen LogP contribution in [0.1, 0.15) is 44.5 Å². The molecule has 1 fully saturated rings. The van der Waals surface area contributed by atoms with E-state index in [1.165, 1.54) is 6.07 Å². The van der Waals surface area contributed by atoms with Crippen molar-refractivity contribution in [3.05, 3.63) is 29.7 Å². The third kappa shape index (κ3) is 4.59. The van der Waals surface area contributed by atoms with E-state index in [-0.39, 0.29) is 23.8 Å². The normalized spacial score (nSPS) is 23.9. The number of rotatable bonds is 6. The van der Waals surface area contributed by atoms with Crippen molar-refractivity contribution in [2.75, 3.05) is 22.6 Å².